The molecule has 3 aromatic carbocycles. The lowest BCUT2D eigenvalue weighted by Crippen LogP contribution is -2.23. The summed E-state index contributed by atoms with van der Waals surface area (Å²) in [5.41, 5.74) is 4.24. The molecule has 0 radical (unpaired) electrons. The van der Waals surface area contributed by atoms with Gasteiger partial charge < -0.3 is 14.8 Å². The van der Waals surface area contributed by atoms with E-state index in [1.54, 1.807) is 54.6 Å². The second-order valence-electron chi connectivity index (χ2n) is 6.78. The summed E-state index contributed by atoms with van der Waals surface area (Å²) in [6.07, 6.45) is 2.38. The zero-order valence-corrected chi connectivity index (χ0v) is 20.1. The van der Waals surface area contributed by atoms with Gasteiger partial charge in [0.2, 0.25) is 0 Å². The van der Waals surface area contributed by atoms with Crippen LogP contribution in [0.3, 0.4) is 0 Å². The molecule has 0 atom stereocenters. The third-order valence-electron chi connectivity index (χ3n) is 4.21. The first kappa shape index (κ1) is 24.3. The molecule has 0 saturated carbocycles. The molecule has 0 unspecified atom stereocenters. The van der Waals surface area contributed by atoms with Crippen molar-refractivity contribution in [2.45, 2.75) is 13.3 Å². The Morgan fingerprint density at radius 3 is 2.55 bits per heavy atom. The smallest absolute Gasteiger partial charge is 0.343 e. The summed E-state index contributed by atoms with van der Waals surface area (Å²) in [6.45, 7) is 2.64. The SMILES string of the molecule is CCCOc1ccc(C(=O)Oc2ccc(Br)cc2/C=N\NC(=S)Nc2ccc(F)cc2)cc1. The molecule has 0 heterocycles. The zero-order chi connectivity index (χ0) is 23.6. The van der Waals surface area contributed by atoms with Gasteiger partial charge in [0.25, 0.3) is 0 Å². The van der Waals surface area contributed by atoms with Crippen molar-refractivity contribution >= 4 is 51.1 Å². The van der Waals surface area contributed by atoms with Crippen molar-refractivity contribution in [3.8, 4) is 11.5 Å². The van der Waals surface area contributed by atoms with E-state index in [1.807, 2.05) is 6.92 Å². The van der Waals surface area contributed by atoms with Crippen LogP contribution in [0.25, 0.3) is 0 Å². The van der Waals surface area contributed by atoms with E-state index in [9.17, 15) is 9.18 Å². The van der Waals surface area contributed by atoms with Crippen LogP contribution in [0.2, 0.25) is 0 Å². The van der Waals surface area contributed by atoms with E-state index in [2.05, 4.69) is 31.8 Å². The van der Waals surface area contributed by atoms with Crippen LogP contribution in [-0.4, -0.2) is 23.9 Å². The average Bonchev–Trinajstić information content (AvgIpc) is 2.81. The number of halogens is 2. The molecule has 0 bridgehead atoms. The Bertz CT molecular complexity index is 1140. The van der Waals surface area contributed by atoms with Crippen LogP contribution in [0.15, 0.2) is 76.3 Å². The minimum Gasteiger partial charge on any atom is -0.494 e. The van der Waals surface area contributed by atoms with Crippen LogP contribution in [0, 0.1) is 5.82 Å². The minimum atomic E-state index is -0.504. The van der Waals surface area contributed by atoms with Gasteiger partial charge in [-0.15, -0.1) is 0 Å². The largest absolute Gasteiger partial charge is 0.494 e. The summed E-state index contributed by atoms with van der Waals surface area (Å²) >= 11 is 8.58. The molecule has 170 valence electrons. The van der Waals surface area contributed by atoms with Gasteiger partial charge in [-0.25, -0.2) is 9.18 Å². The second-order valence-corrected chi connectivity index (χ2v) is 8.10. The summed E-state index contributed by atoms with van der Waals surface area (Å²) < 4.78 is 24.9. The van der Waals surface area contributed by atoms with E-state index in [0.29, 0.717) is 34.9 Å². The number of thiocarbonyl (C=S) groups is 1. The number of ether oxygens (including phenoxy) is 2. The number of hydrogen-bond acceptors (Lipinski definition) is 5. The van der Waals surface area contributed by atoms with Crippen molar-refractivity contribution in [3.05, 3.63) is 88.1 Å². The Morgan fingerprint density at radius 2 is 1.85 bits per heavy atom. The lowest BCUT2D eigenvalue weighted by molar-refractivity contribution is 0.0734. The highest BCUT2D eigenvalue weighted by Gasteiger charge is 2.12. The van der Waals surface area contributed by atoms with Crippen molar-refractivity contribution in [1.29, 1.82) is 0 Å². The Labute approximate surface area is 204 Å². The van der Waals surface area contributed by atoms with E-state index < -0.39 is 5.97 Å². The number of carbonyl (C=O) groups is 1. The van der Waals surface area contributed by atoms with Crippen molar-refractivity contribution in [2.75, 3.05) is 11.9 Å². The van der Waals surface area contributed by atoms with Crippen molar-refractivity contribution in [3.63, 3.8) is 0 Å². The first-order valence-electron chi connectivity index (χ1n) is 10.0. The van der Waals surface area contributed by atoms with Crippen LogP contribution in [-0.2, 0) is 0 Å². The lowest BCUT2D eigenvalue weighted by atomic mass is 10.2. The average molecular weight is 530 g/mol. The van der Waals surface area contributed by atoms with Crippen LogP contribution < -0.4 is 20.2 Å². The Morgan fingerprint density at radius 1 is 1.12 bits per heavy atom. The maximum absolute atomic E-state index is 13.0. The summed E-state index contributed by atoms with van der Waals surface area (Å²) in [4.78, 5) is 12.6. The number of carbonyl (C=O) groups excluding carboxylic acids is 1. The van der Waals surface area contributed by atoms with Crippen molar-refractivity contribution in [2.24, 2.45) is 5.10 Å². The summed E-state index contributed by atoms with van der Waals surface area (Å²) in [5, 5.41) is 7.20. The highest BCUT2D eigenvalue weighted by molar-refractivity contribution is 9.10. The predicted octanol–water partition coefficient (Wildman–Crippen LogP) is 5.92. The van der Waals surface area contributed by atoms with Gasteiger partial charge in [-0.05, 0) is 85.4 Å². The van der Waals surface area contributed by atoms with Crippen LogP contribution in [0.5, 0.6) is 11.5 Å². The topological polar surface area (TPSA) is 72.0 Å². The zero-order valence-electron chi connectivity index (χ0n) is 17.7. The Hall–Kier alpha value is -3.30. The summed E-state index contributed by atoms with van der Waals surface area (Å²) in [7, 11) is 0. The highest BCUT2D eigenvalue weighted by Crippen LogP contribution is 2.23. The van der Waals surface area contributed by atoms with Gasteiger partial charge in [-0.3, -0.25) is 5.43 Å². The molecule has 0 saturated heterocycles. The maximum Gasteiger partial charge on any atom is 0.343 e. The molecule has 0 amide bonds. The lowest BCUT2D eigenvalue weighted by Gasteiger charge is -2.10. The van der Waals surface area contributed by atoms with Gasteiger partial charge in [0.1, 0.15) is 17.3 Å². The maximum atomic E-state index is 13.0. The van der Waals surface area contributed by atoms with Gasteiger partial charge in [-0.1, -0.05) is 22.9 Å². The van der Waals surface area contributed by atoms with Gasteiger partial charge in [0.05, 0.1) is 18.4 Å². The molecule has 0 aliphatic heterocycles. The fourth-order valence-corrected chi connectivity index (χ4v) is 3.18. The fraction of sp³-hybridized carbons (Fsp3) is 0.125. The molecule has 33 heavy (non-hydrogen) atoms. The third-order valence-corrected chi connectivity index (χ3v) is 4.90. The van der Waals surface area contributed by atoms with Gasteiger partial charge in [0.15, 0.2) is 5.11 Å². The first-order valence-corrected chi connectivity index (χ1v) is 11.2. The number of benzene rings is 3. The van der Waals surface area contributed by atoms with Crippen molar-refractivity contribution < 1.29 is 18.7 Å². The number of nitrogens with zero attached hydrogens (tertiary/aromatic N) is 1. The van der Waals surface area contributed by atoms with Crippen LogP contribution >= 0.6 is 28.1 Å². The molecule has 2 N–H and O–H groups in total. The molecule has 0 aromatic heterocycles. The normalized spacial score (nSPS) is 10.6. The molecule has 9 heteroatoms. The van der Waals surface area contributed by atoms with E-state index in [0.717, 1.165) is 10.9 Å². The number of nitrogens with one attached hydrogen (secondary N) is 2. The Kier molecular flexibility index (Phi) is 8.91. The molecule has 3 aromatic rings. The summed E-state index contributed by atoms with van der Waals surface area (Å²) in [5.74, 6) is 0.184. The molecular weight excluding hydrogens is 509 g/mol. The minimum absolute atomic E-state index is 0.219. The van der Waals surface area contributed by atoms with Crippen molar-refractivity contribution in [1.82, 2.24) is 5.43 Å². The fourth-order valence-electron chi connectivity index (χ4n) is 2.63. The number of rotatable bonds is 8. The quantitative estimate of drug-likeness (QED) is 0.124. The highest BCUT2D eigenvalue weighted by atomic mass is 79.9. The van der Waals surface area contributed by atoms with Gasteiger partial charge >= 0.3 is 5.97 Å². The second kappa shape index (κ2) is 12.1. The third kappa shape index (κ3) is 7.65. The molecule has 0 spiro atoms. The Balaban J connectivity index is 1.64. The number of esters is 1. The number of hydrazone groups is 1. The summed E-state index contributed by atoms with van der Waals surface area (Å²) in [6, 6.07) is 17.7. The standard InChI is InChI=1S/C24H21BrFN3O3S/c1-2-13-31-21-10-3-16(4-11-21)23(30)32-22-12-5-18(25)14-17(22)15-27-29-24(33)28-20-8-6-19(26)7-9-20/h3-12,14-15H,2,13H2,1H3,(H2,28,29,33)/b27-15-. The molecule has 6 nitrogen and oxygen atoms in total. The van der Waals surface area contributed by atoms with E-state index in [1.165, 1.54) is 18.3 Å². The molecule has 3 rings (SSSR count). The van der Waals surface area contributed by atoms with Gasteiger partial charge in [-0.2, -0.15) is 5.10 Å². The van der Waals surface area contributed by atoms with Crippen LogP contribution in [0.4, 0.5) is 10.1 Å². The van der Waals surface area contributed by atoms with Gasteiger partial charge in [0, 0.05) is 15.7 Å². The molecular formula is C24H21BrFN3O3S. The monoisotopic (exact) mass is 529 g/mol. The van der Waals surface area contributed by atoms with E-state index in [4.69, 9.17) is 21.7 Å². The number of hydrogen-bond donors (Lipinski definition) is 2. The van der Waals surface area contributed by atoms with E-state index >= 15 is 0 Å². The number of anilines is 1. The van der Waals surface area contributed by atoms with Crippen LogP contribution in [0.1, 0.15) is 29.3 Å². The molecule has 0 aliphatic rings. The molecule has 0 fully saturated rings. The van der Waals surface area contributed by atoms with E-state index in [-0.39, 0.29) is 10.9 Å². The molecule has 0 aliphatic carbocycles. The first-order chi connectivity index (χ1) is 15.9. The predicted molar refractivity (Wildman–Crippen MR) is 135 cm³/mol.